The first-order chi connectivity index (χ1) is 28.4. The van der Waals surface area contributed by atoms with Crippen LogP contribution in [0.1, 0.15) is 21.6 Å². The fourth-order valence-electron chi connectivity index (χ4n) is 6.54. The van der Waals surface area contributed by atoms with Crippen molar-refractivity contribution in [2.75, 3.05) is 5.32 Å². The highest BCUT2D eigenvalue weighted by molar-refractivity contribution is 7.09. The summed E-state index contributed by atoms with van der Waals surface area (Å²) in [6.07, 6.45) is -4.89. The first-order valence-corrected chi connectivity index (χ1v) is 19.7. The van der Waals surface area contributed by atoms with Gasteiger partial charge in [0.25, 0.3) is 11.8 Å². The lowest BCUT2D eigenvalue weighted by atomic mass is 9.99. The fourth-order valence-corrected chi connectivity index (χ4v) is 7.30. The Morgan fingerprint density at radius 3 is 1.63 bits per heavy atom. The molecule has 59 heavy (non-hydrogen) atoms. The van der Waals surface area contributed by atoms with Crippen molar-refractivity contribution in [3.63, 3.8) is 0 Å². The maximum absolute atomic E-state index is 14.4. The molecule has 6 atom stereocenters. The number of amides is 5. The standard InChI is InChI=1S/C44H43N5O9S/c50-37-38(51)43(56)48-35(25-32-12-7-21-59-32)41(54)47-34(23-27-13-17-30(18-14-27)29-10-5-2-6-11-29)39(52)46-33(22-26-8-3-1-4-9-26)40(53)49-36(44(57)58)24-28-15-19-31(20-16-28)45-42(37)55/h1-21,33-38,50-51H,22-25H2,(H,45,55)(H,46,52)(H,47,54)(H,48,56)(H,49,53)(H,57,58)/t33-,34+,35+,36+,37+,38+/m0/s1. The number of anilines is 1. The summed E-state index contributed by atoms with van der Waals surface area (Å²) < 4.78 is 0. The molecule has 0 fully saturated rings. The van der Waals surface area contributed by atoms with Crippen LogP contribution in [0.5, 0.6) is 0 Å². The third-order valence-corrected chi connectivity index (χ3v) is 10.7. The molecule has 0 spiro atoms. The topological polar surface area (TPSA) is 223 Å². The van der Waals surface area contributed by atoms with Gasteiger partial charge in [-0.2, -0.15) is 0 Å². The highest BCUT2D eigenvalue weighted by atomic mass is 32.1. The van der Waals surface area contributed by atoms with Crippen molar-refractivity contribution in [3.05, 3.63) is 148 Å². The number of nitrogens with one attached hydrogen (secondary N) is 5. The third-order valence-electron chi connectivity index (χ3n) is 9.78. The quantitative estimate of drug-likeness (QED) is 0.108. The molecule has 0 unspecified atom stereocenters. The van der Waals surface area contributed by atoms with Gasteiger partial charge in [0.2, 0.25) is 17.7 Å². The van der Waals surface area contributed by atoms with Crippen LogP contribution in [0.15, 0.2) is 127 Å². The number of aliphatic hydroxyl groups excluding tert-OH is 2. The Morgan fingerprint density at radius 2 is 1.05 bits per heavy atom. The van der Waals surface area contributed by atoms with Gasteiger partial charge in [-0.15, -0.1) is 11.3 Å². The number of benzene rings is 4. The molecule has 14 nitrogen and oxygen atoms in total. The second-order valence-corrected chi connectivity index (χ2v) is 15.1. The Labute approximate surface area is 343 Å². The number of aliphatic carboxylic acids is 1. The molecule has 2 aliphatic heterocycles. The molecule has 15 heteroatoms. The Kier molecular flexibility index (Phi) is 14.0. The zero-order chi connectivity index (χ0) is 41.9. The number of hydrogen-bond acceptors (Lipinski definition) is 9. The lowest BCUT2D eigenvalue weighted by Gasteiger charge is -2.27. The van der Waals surface area contributed by atoms with Crippen LogP contribution in [0.25, 0.3) is 11.1 Å². The van der Waals surface area contributed by atoms with Crippen molar-refractivity contribution in [2.24, 2.45) is 0 Å². The van der Waals surface area contributed by atoms with Crippen molar-refractivity contribution >= 4 is 52.5 Å². The van der Waals surface area contributed by atoms with Gasteiger partial charge in [-0.05, 0) is 51.4 Å². The van der Waals surface area contributed by atoms with Crippen LogP contribution in [-0.4, -0.2) is 87.2 Å². The number of aliphatic hydroxyl groups is 2. The molecule has 2 aliphatic rings. The summed E-state index contributed by atoms with van der Waals surface area (Å²) in [4.78, 5) is 82.0. The molecule has 4 aromatic carbocycles. The van der Waals surface area contributed by atoms with Crippen LogP contribution in [0.2, 0.25) is 0 Å². The Morgan fingerprint density at radius 1 is 0.542 bits per heavy atom. The molecule has 2 bridgehead atoms. The molecule has 7 rings (SSSR count). The summed E-state index contributed by atoms with van der Waals surface area (Å²) in [5, 5.41) is 46.3. The second kappa shape index (κ2) is 19.7. The number of carbonyl (C=O) groups excluding carboxylic acids is 5. The first-order valence-electron chi connectivity index (χ1n) is 18.8. The van der Waals surface area contributed by atoms with Gasteiger partial charge in [0, 0.05) is 36.2 Å². The van der Waals surface area contributed by atoms with E-state index in [0.29, 0.717) is 21.6 Å². The normalized spacial score (nSPS) is 22.2. The highest BCUT2D eigenvalue weighted by Crippen LogP contribution is 2.21. The summed E-state index contributed by atoms with van der Waals surface area (Å²) in [5.41, 5.74) is 3.80. The van der Waals surface area contributed by atoms with Crippen LogP contribution in [0, 0.1) is 0 Å². The zero-order valence-electron chi connectivity index (χ0n) is 31.6. The van der Waals surface area contributed by atoms with Crippen LogP contribution < -0.4 is 26.6 Å². The maximum Gasteiger partial charge on any atom is 0.326 e. The van der Waals surface area contributed by atoms with E-state index in [1.54, 1.807) is 60.0 Å². The van der Waals surface area contributed by atoms with E-state index in [2.05, 4.69) is 26.6 Å². The first kappa shape index (κ1) is 41.9. The molecule has 0 saturated carbocycles. The number of fused-ring (bicyclic) bond motifs is 18. The van der Waals surface area contributed by atoms with Gasteiger partial charge in [0.15, 0.2) is 12.2 Å². The number of carboxylic acid groups (broad SMARTS) is 1. The van der Waals surface area contributed by atoms with E-state index in [9.17, 15) is 44.1 Å². The molecule has 8 N–H and O–H groups in total. The smallest absolute Gasteiger partial charge is 0.326 e. The Bertz CT molecular complexity index is 2240. The van der Waals surface area contributed by atoms with E-state index in [4.69, 9.17) is 0 Å². The lowest BCUT2D eigenvalue weighted by Crippen LogP contribution is -2.60. The number of carboxylic acids is 1. The number of carbonyl (C=O) groups is 6. The SMILES string of the molecule is O=C1N[C@@H](C(=O)O)Cc2ccc(cc2)NC(=O)[C@H](O)[C@@H](O)C(=O)N[C@H](Cc2cccs2)C(=O)N[C@H](Cc2ccc(-c3ccccc3)cc2)C(=O)N[C@H]1Cc1ccccc1. The van der Waals surface area contributed by atoms with E-state index in [1.807, 2.05) is 42.5 Å². The van der Waals surface area contributed by atoms with Gasteiger partial charge in [-0.1, -0.05) is 103 Å². The molecule has 1 aromatic heterocycles. The minimum Gasteiger partial charge on any atom is -0.480 e. The van der Waals surface area contributed by atoms with Crippen molar-refractivity contribution in [1.29, 1.82) is 0 Å². The largest absolute Gasteiger partial charge is 0.480 e. The molecule has 0 aliphatic carbocycles. The van der Waals surface area contributed by atoms with Crippen LogP contribution in [0.4, 0.5) is 5.69 Å². The average molecular weight is 818 g/mol. The number of hydrogen-bond donors (Lipinski definition) is 8. The van der Waals surface area contributed by atoms with Crippen LogP contribution in [-0.2, 0) is 54.5 Å². The second-order valence-electron chi connectivity index (χ2n) is 14.1. The van der Waals surface area contributed by atoms with E-state index < -0.39 is 71.9 Å². The summed E-state index contributed by atoms with van der Waals surface area (Å²) in [7, 11) is 0. The summed E-state index contributed by atoms with van der Waals surface area (Å²) in [6.45, 7) is 0. The van der Waals surface area contributed by atoms with Crippen molar-refractivity contribution in [1.82, 2.24) is 21.3 Å². The molecule has 5 amide bonds. The van der Waals surface area contributed by atoms with E-state index in [0.717, 1.165) is 11.1 Å². The lowest BCUT2D eigenvalue weighted by molar-refractivity contribution is -0.145. The molecule has 304 valence electrons. The van der Waals surface area contributed by atoms with Gasteiger partial charge >= 0.3 is 5.97 Å². The Hall–Kier alpha value is -6.68. The van der Waals surface area contributed by atoms with E-state index in [-0.39, 0.29) is 31.4 Å². The Balaban J connectivity index is 1.37. The van der Waals surface area contributed by atoms with Gasteiger partial charge < -0.3 is 41.9 Å². The third kappa shape index (κ3) is 11.5. The van der Waals surface area contributed by atoms with E-state index in [1.165, 1.54) is 35.6 Å². The number of thiophene rings is 1. The molecule has 0 radical (unpaired) electrons. The summed E-state index contributed by atoms with van der Waals surface area (Å²) in [6, 6.07) is 29.6. The van der Waals surface area contributed by atoms with E-state index >= 15 is 0 Å². The van der Waals surface area contributed by atoms with Gasteiger partial charge in [-0.25, -0.2) is 4.79 Å². The maximum atomic E-state index is 14.4. The fraction of sp³-hybridized carbons (Fsp3) is 0.227. The number of rotatable bonds is 8. The molecular weight excluding hydrogens is 775 g/mol. The highest BCUT2D eigenvalue weighted by Gasteiger charge is 2.35. The van der Waals surface area contributed by atoms with Gasteiger partial charge in [-0.3, -0.25) is 24.0 Å². The predicted molar refractivity (Wildman–Crippen MR) is 220 cm³/mol. The van der Waals surface area contributed by atoms with Crippen LogP contribution in [0.3, 0.4) is 0 Å². The summed E-state index contributed by atoms with van der Waals surface area (Å²) in [5.74, 6) is -6.08. The predicted octanol–water partition coefficient (Wildman–Crippen LogP) is 2.38. The van der Waals surface area contributed by atoms with Gasteiger partial charge in [0.1, 0.15) is 24.2 Å². The van der Waals surface area contributed by atoms with Gasteiger partial charge in [0.05, 0.1) is 0 Å². The van der Waals surface area contributed by atoms with Crippen molar-refractivity contribution in [3.8, 4) is 11.1 Å². The van der Waals surface area contributed by atoms with Crippen molar-refractivity contribution in [2.45, 2.75) is 62.1 Å². The molecular formula is C44H43N5O9S. The average Bonchev–Trinajstić information content (AvgIpc) is 3.76. The minimum absolute atomic E-state index is 0.0249. The minimum atomic E-state index is -2.30. The molecule has 5 aromatic rings. The molecule has 0 saturated heterocycles. The van der Waals surface area contributed by atoms with Crippen molar-refractivity contribution < 1.29 is 44.1 Å². The van der Waals surface area contributed by atoms with Crippen LogP contribution >= 0.6 is 11.3 Å². The zero-order valence-corrected chi connectivity index (χ0v) is 32.4. The molecule has 3 heterocycles. The monoisotopic (exact) mass is 817 g/mol. The summed E-state index contributed by atoms with van der Waals surface area (Å²) >= 11 is 1.29.